The zero-order valence-electron chi connectivity index (χ0n) is 9.83. The van der Waals surface area contributed by atoms with Crippen molar-refractivity contribution in [3.8, 4) is 5.75 Å². The number of ether oxygens (including phenoxy) is 1. The Hall–Kier alpha value is -1.31. The fraction of sp³-hybridized carbons (Fsp3) is 0.462. The molecule has 1 aromatic rings. The third-order valence-electron chi connectivity index (χ3n) is 2.39. The summed E-state index contributed by atoms with van der Waals surface area (Å²) in [6, 6.07) is 5.93. The molecule has 1 aromatic carbocycles. The Labute approximate surface area is 91.3 Å². The first-order chi connectivity index (χ1) is 7.16. The van der Waals surface area contributed by atoms with Gasteiger partial charge in [0.2, 0.25) is 0 Å². The first-order valence-corrected chi connectivity index (χ1v) is 5.48. The summed E-state index contributed by atoms with van der Waals surface area (Å²) in [6.45, 7) is 8.10. The van der Waals surface area contributed by atoms with E-state index in [1.807, 2.05) is 32.9 Å². The molecule has 0 aliphatic carbocycles. The van der Waals surface area contributed by atoms with Gasteiger partial charge < -0.3 is 4.74 Å². The second kappa shape index (κ2) is 4.96. The molecule has 1 unspecified atom stereocenters. The highest BCUT2D eigenvalue weighted by atomic mass is 16.5. The van der Waals surface area contributed by atoms with Gasteiger partial charge in [-0.05, 0) is 24.5 Å². The number of hydrogen-bond acceptors (Lipinski definition) is 2. The minimum atomic E-state index is -0.121. The van der Waals surface area contributed by atoms with E-state index in [9.17, 15) is 4.79 Å². The molecule has 0 saturated heterocycles. The van der Waals surface area contributed by atoms with E-state index in [1.54, 1.807) is 0 Å². The van der Waals surface area contributed by atoms with Gasteiger partial charge in [0, 0.05) is 0 Å². The van der Waals surface area contributed by atoms with Crippen LogP contribution in [0.4, 0.5) is 0 Å². The highest BCUT2D eigenvalue weighted by Gasteiger charge is 2.23. The number of carbonyl (C=O) groups excluding carboxylic acids is 1. The Balaban J connectivity index is 0.000000531. The van der Waals surface area contributed by atoms with E-state index < -0.39 is 0 Å². The second-order valence-corrected chi connectivity index (χ2v) is 3.62. The molecule has 15 heavy (non-hydrogen) atoms. The number of esters is 1. The molecule has 0 radical (unpaired) electrons. The van der Waals surface area contributed by atoms with Gasteiger partial charge in [0.05, 0.1) is 6.42 Å². The van der Waals surface area contributed by atoms with E-state index in [-0.39, 0.29) is 11.9 Å². The van der Waals surface area contributed by atoms with Gasteiger partial charge in [-0.25, -0.2) is 0 Å². The largest absolute Gasteiger partial charge is 0.426 e. The van der Waals surface area contributed by atoms with Gasteiger partial charge in [-0.1, -0.05) is 38.5 Å². The van der Waals surface area contributed by atoms with Gasteiger partial charge in [-0.2, -0.15) is 0 Å². The van der Waals surface area contributed by atoms with Crippen molar-refractivity contribution in [3.63, 3.8) is 0 Å². The molecule has 1 aliphatic heterocycles. The van der Waals surface area contributed by atoms with Crippen molar-refractivity contribution in [1.82, 2.24) is 0 Å². The van der Waals surface area contributed by atoms with Crippen molar-refractivity contribution in [2.24, 2.45) is 0 Å². The predicted molar refractivity (Wildman–Crippen MR) is 61.2 cm³/mol. The van der Waals surface area contributed by atoms with Crippen molar-refractivity contribution in [1.29, 1.82) is 0 Å². The molecule has 2 rings (SSSR count). The van der Waals surface area contributed by atoms with Crippen molar-refractivity contribution >= 4 is 5.97 Å². The summed E-state index contributed by atoms with van der Waals surface area (Å²) >= 11 is 0. The standard InChI is InChI=1S/C11H12O2.C2H6/c1-7-3-4-10-9(5-7)8(2)6-11(12)13-10;1-2/h3-5,8H,6H2,1-2H3;1-2H3. The maximum absolute atomic E-state index is 11.1. The average molecular weight is 206 g/mol. The first kappa shape index (κ1) is 11.8. The molecule has 82 valence electrons. The lowest BCUT2D eigenvalue weighted by Crippen LogP contribution is -2.18. The predicted octanol–water partition coefficient (Wildman–Crippen LogP) is 3.43. The summed E-state index contributed by atoms with van der Waals surface area (Å²) in [5.74, 6) is 0.898. The zero-order chi connectivity index (χ0) is 11.4. The Morgan fingerprint density at radius 3 is 2.67 bits per heavy atom. The molecule has 2 nitrogen and oxygen atoms in total. The molecule has 2 heteroatoms. The van der Waals surface area contributed by atoms with Crippen LogP contribution in [0.25, 0.3) is 0 Å². The van der Waals surface area contributed by atoms with Gasteiger partial charge in [0.15, 0.2) is 0 Å². The zero-order valence-corrected chi connectivity index (χ0v) is 9.83. The summed E-state index contributed by atoms with van der Waals surface area (Å²) in [7, 11) is 0. The SMILES string of the molecule is CC.Cc1ccc2c(c1)C(C)CC(=O)O2. The fourth-order valence-corrected chi connectivity index (χ4v) is 1.67. The van der Waals surface area contributed by atoms with Gasteiger partial charge in [-0.15, -0.1) is 0 Å². The summed E-state index contributed by atoms with van der Waals surface area (Å²) in [5, 5.41) is 0. The number of fused-ring (bicyclic) bond motifs is 1. The molecular formula is C13H18O2. The molecule has 0 spiro atoms. The van der Waals surface area contributed by atoms with Crippen molar-refractivity contribution < 1.29 is 9.53 Å². The van der Waals surface area contributed by atoms with Crippen molar-refractivity contribution in [2.75, 3.05) is 0 Å². The number of rotatable bonds is 0. The van der Waals surface area contributed by atoms with Crippen LogP contribution in [0.5, 0.6) is 5.75 Å². The lowest BCUT2D eigenvalue weighted by molar-refractivity contribution is -0.135. The van der Waals surface area contributed by atoms with E-state index in [1.165, 1.54) is 5.56 Å². The summed E-state index contributed by atoms with van der Waals surface area (Å²) in [4.78, 5) is 11.1. The lowest BCUT2D eigenvalue weighted by atomic mass is 9.93. The van der Waals surface area contributed by atoms with Crippen LogP contribution in [0, 0.1) is 6.92 Å². The van der Waals surface area contributed by atoms with E-state index in [0.29, 0.717) is 6.42 Å². The lowest BCUT2D eigenvalue weighted by Gasteiger charge is -2.21. The minimum Gasteiger partial charge on any atom is -0.426 e. The Kier molecular flexibility index (Phi) is 3.89. The molecule has 1 heterocycles. The molecule has 0 N–H and O–H groups in total. The normalized spacial score (nSPS) is 18.4. The molecule has 0 aromatic heterocycles. The first-order valence-electron chi connectivity index (χ1n) is 5.48. The quantitative estimate of drug-likeness (QED) is 0.480. The summed E-state index contributed by atoms with van der Waals surface area (Å²) in [5.41, 5.74) is 2.36. The Morgan fingerprint density at radius 1 is 1.33 bits per heavy atom. The van der Waals surface area contributed by atoms with Crippen molar-refractivity contribution in [3.05, 3.63) is 29.3 Å². The van der Waals surface area contributed by atoms with Crippen LogP contribution >= 0.6 is 0 Å². The summed E-state index contributed by atoms with van der Waals surface area (Å²) < 4.78 is 5.12. The van der Waals surface area contributed by atoms with Gasteiger partial charge >= 0.3 is 5.97 Å². The van der Waals surface area contributed by atoms with Crippen LogP contribution in [0.15, 0.2) is 18.2 Å². The molecule has 0 amide bonds. The van der Waals surface area contributed by atoms with Gasteiger partial charge in [0.25, 0.3) is 0 Å². The van der Waals surface area contributed by atoms with Gasteiger partial charge in [0.1, 0.15) is 5.75 Å². The number of aryl methyl sites for hydroxylation is 1. The Morgan fingerprint density at radius 2 is 2.00 bits per heavy atom. The third-order valence-corrected chi connectivity index (χ3v) is 2.39. The molecule has 0 bridgehead atoms. The van der Waals surface area contributed by atoms with Crippen LogP contribution in [0.2, 0.25) is 0 Å². The van der Waals surface area contributed by atoms with Crippen LogP contribution in [-0.2, 0) is 4.79 Å². The van der Waals surface area contributed by atoms with Crippen LogP contribution < -0.4 is 4.74 Å². The Bertz CT molecular complexity index is 356. The maximum atomic E-state index is 11.1. The number of benzene rings is 1. The monoisotopic (exact) mass is 206 g/mol. The van der Waals surface area contributed by atoms with E-state index in [0.717, 1.165) is 11.3 Å². The van der Waals surface area contributed by atoms with E-state index >= 15 is 0 Å². The smallest absolute Gasteiger partial charge is 0.311 e. The fourth-order valence-electron chi connectivity index (χ4n) is 1.67. The molecular weight excluding hydrogens is 188 g/mol. The molecule has 1 atom stereocenters. The van der Waals surface area contributed by atoms with E-state index in [4.69, 9.17) is 4.74 Å². The van der Waals surface area contributed by atoms with Crippen LogP contribution in [0.3, 0.4) is 0 Å². The third kappa shape index (κ3) is 2.58. The van der Waals surface area contributed by atoms with Crippen molar-refractivity contribution in [2.45, 2.75) is 40.0 Å². The topological polar surface area (TPSA) is 26.3 Å². The maximum Gasteiger partial charge on any atom is 0.311 e. The van der Waals surface area contributed by atoms with Crippen LogP contribution in [0.1, 0.15) is 44.2 Å². The number of hydrogen-bond donors (Lipinski definition) is 0. The molecule has 0 fully saturated rings. The van der Waals surface area contributed by atoms with Gasteiger partial charge in [-0.3, -0.25) is 4.79 Å². The highest BCUT2D eigenvalue weighted by molar-refractivity contribution is 5.76. The highest BCUT2D eigenvalue weighted by Crippen LogP contribution is 2.34. The molecule has 1 aliphatic rings. The summed E-state index contributed by atoms with van der Waals surface area (Å²) in [6.07, 6.45) is 0.496. The average Bonchev–Trinajstić information content (AvgIpc) is 2.22. The molecule has 0 saturated carbocycles. The van der Waals surface area contributed by atoms with Crippen LogP contribution in [-0.4, -0.2) is 5.97 Å². The number of carbonyl (C=O) groups is 1. The van der Waals surface area contributed by atoms with E-state index in [2.05, 4.69) is 13.0 Å². The minimum absolute atomic E-state index is 0.121. The second-order valence-electron chi connectivity index (χ2n) is 3.62.